The number of hydrogen-bond donors (Lipinski definition) is 2. The molecule has 1 aliphatic heterocycles. The quantitative estimate of drug-likeness (QED) is 0.744. The largest absolute Gasteiger partial charge is 0.489 e. The Hall–Kier alpha value is -1.37. The van der Waals surface area contributed by atoms with Crippen LogP contribution in [-0.2, 0) is 4.79 Å². The Labute approximate surface area is 150 Å². The van der Waals surface area contributed by atoms with Crippen molar-refractivity contribution < 1.29 is 14.6 Å². The number of rotatable bonds is 7. The fraction of sp³-hybridized carbons (Fsp3) is 0.500. The Morgan fingerprint density at radius 2 is 2.25 bits per heavy atom. The molecule has 0 atom stereocenters. The molecule has 0 bridgehead atoms. The van der Waals surface area contributed by atoms with Crippen LogP contribution < -0.4 is 10.1 Å². The second-order valence-corrected chi connectivity index (χ2v) is 7.35. The van der Waals surface area contributed by atoms with Crippen LogP contribution >= 0.6 is 15.9 Å². The molecule has 1 aromatic carbocycles. The molecule has 2 N–H and O–H groups in total. The van der Waals surface area contributed by atoms with Crippen molar-refractivity contribution in [3.05, 3.63) is 33.8 Å². The molecule has 0 saturated heterocycles. The van der Waals surface area contributed by atoms with E-state index in [2.05, 4.69) is 33.4 Å². The standard InChI is InChI=1S/C18H23BrN2O3/c1-2-21(10-18(22)23)16-7-15(8-16)20-9-12-5-13-6-14(19)3-4-17(13)24-11-12/h3-6,15-16,20H,2,7-11H2,1H3,(H,22,23). The van der Waals surface area contributed by atoms with Crippen molar-refractivity contribution >= 4 is 28.0 Å². The molecule has 0 unspecified atom stereocenters. The molecule has 0 amide bonds. The summed E-state index contributed by atoms with van der Waals surface area (Å²) >= 11 is 3.49. The van der Waals surface area contributed by atoms with Gasteiger partial charge in [-0.1, -0.05) is 22.9 Å². The molecule has 0 spiro atoms. The number of likely N-dealkylation sites (N-methyl/N-ethyl adjacent to an activating group) is 1. The minimum Gasteiger partial charge on any atom is -0.489 e. The lowest BCUT2D eigenvalue weighted by Crippen LogP contribution is -2.54. The van der Waals surface area contributed by atoms with E-state index in [1.165, 1.54) is 5.57 Å². The van der Waals surface area contributed by atoms with Crippen molar-refractivity contribution in [3.8, 4) is 5.75 Å². The molecular weight excluding hydrogens is 372 g/mol. The highest BCUT2D eigenvalue weighted by molar-refractivity contribution is 9.10. The summed E-state index contributed by atoms with van der Waals surface area (Å²) in [5, 5.41) is 12.5. The van der Waals surface area contributed by atoms with Crippen LogP contribution in [0.5, 0.6) is 5.75 Å². The summed E-state index contributed by atoms with van der Waals surface area (Å²) in [7, 11) is 0. The number of carbonyl (C=O) groups is 1. The summed E-state index contributed by atoms with van der Waals surface area (Å²) in [4.78, 5) is 12.9. The SMILES string of the molecule is CCN(CC(=O)O)C1CC(NCC2=Cc3cc(Br)ccc3OC2)C1. The van der Waals surface area contributed by atoms with Crippen LogP contribution in [0.3, 0.4) is 0 Å². The number of nitrogens with one attached hydrogen (secondary N) is 1. The summed E-state index contributed by atoms with van der Waals surface area (Å²) in [6, 6.07) is 6.89. The summed E-state index contributed by atoms with van der Waals surface area (Å²) < 4.78 is 6.84. The number of hydrogen-bond acceptors (Lipinski definition) is 4. The van der Waals surface area contributed by atoms with Gasteiger partial charge in [0.15, 0.2) is 0 Å². The van der Waals surface area contributed by atoms with E-state index in [1.54, 1.807) is 0 Å². The monoisotopic (exact) mass is 394 g/mol. The topological polar surface area (TPSA) is 61.8 Å². The minimum atomic E-state index is -0.748. The van der Waals surface area contributed by atoms with Gasteiger partial charge < -0.3 is 15.2 Å². The zero-order valence-corrected chi connectivity index (χ0v) is 15.4. The molecule has 1 aromatic rings. The number of halogens is 1. The Bertz CT molecular complexity index is 641. The average molecular weight is 395 g/mol. The number of carboxylic acids is 1. The van der Waals surface area contributed by atoms with Gasteiger partial charge in [-0.3, -0.25) is 9.69 Å². The van der Waals surface area contributed by atoms with Crippen LogP contribution in [0.15, 0.2) is 28.2 Å². The van der Waals surface area contributed by atoms with Crippen molar-refractivity contribution in [1.29, 1.82) is 0 Å². The number of ether oxygens (including phenoxy) is 1. The Morgan fingerprint density at radius 3 is 2.96 bits per heavy atom. The first-order chi connectivity index (χ1) is 11.5. The van der Waals surface area contributed by atoms with Crippen molar-refractivity contribution in [2.24, 2.45) is 0 Å². The van der Waals surface area contributed by atoms with E-state index in [0.29, 0.717) is 18.7 Å². The second-order valence-electron chi connectivity index (χ2n) is 6.43. The van der Waals surface area contributed by atoms with Crippen LogP contribution in [0, 0.1) is 0 Å². The van der Waals surface area contributed by atoms with Gasteiger partial charge in [-0.2, -0.15) is 0 Å². The summed E-state index contributed by atoms with van der Waals surface area (Å²) in [6.45, 7) is 4.38. The molecule has 3 rings (SSSR count). The van der Waals surface area contributed by atoms with E-state index in [-0.39, 0.29) is 6.54 Å². The van der Waals surface area contributed by atoms with Crippen LogP contribution in [-0.4, -0.2) is 54.3 Å². The zero-order valence-electron chi connectivity index (χ0n) is 13.8. The van der Waals surface area contributed by atoms with Gasteiger partial charge in [0.1, 0.15) is 12.4 Å². The van der Waals surface area contributed by atoms with E-state index in [1.807, 2.05) is 24.0 Å². The number of fused-ring (bicyclic) bond motifs is 1. The zero-order chi connectivity index (χ0) is 17.1. The van der Waals surface area contributed by atoms with Crippen LogP contribution in [0.4, 0.5) is 0 Å². The lowest BCUT2D eigenvalue weighted by Gasteiger charge is -2.42. The molecule has 0 aromatic heterocycles. The van der Waals surface area contributed by atoms with Gasteiger partial charge >= 0.3 is 5.97 Å². The van der Waals surface area contributed by atoms with Gasteiger partial charge in [0.05, 0.1) is 6.54 Å². The first-order valence-corrected chi connectivity index (χ1v) is 9.15. The van der Waals surface area contributed by atoms with Crippen LogP contribution in [0.2, 0.25) is 0 Å². The highest BCUT2D eigenvalue weighted by Gasteiger charge is 2.33. The van der Waals surface area contributed by atoms with Gasteiger partial charge in [0, 0.05) is 28.7 Å². The molecule has 1 saturated carbocycles. The Kier molecular flexibility index (Phi) is 5.58. The number of carboxylic acid groups (broad SMARTS) is 1. The lowest BCUT2D eigenvalue weighted by molar-refractivity contribution is -0.139. The van der Waals surface area contributed by atoms with Crippen molar-refractivity contribution in [3.63, 3.8) is 0 Å². The van der Waals surface area contributed by atoms with Crippen molar-refractivity contribution in [2.45, 2.75) is 31.8 Å². The van der Waals surface area contributed by atoms with E-state index in [9.17, 15) is 4.79 Å². The highest BCUT2D eigenvalue weighted by atomic mass is 79.9. The molecule has 1 aliphatic carbocycles. The molecule has 6 heteroatoms. The van der Waals surface area contributed by atoms with E-state index in [0.717, 1.165) is 41.7 Å². The van der Waals surface area contributed by atoms with Crippen LogP contribution in [0.25, 0.3) is 6.08 Å². The van der Waals surface area contributed by atoms with E-state index >= 15 is 0 Å². The average Bonchev–Trinajstić information content (AvgIpc) is 2.51. The first-order valence-electron chi connectivity index (χ1n) is 8.36. The summed E-state index contributed by atoms with van der Waals surface area (Å²) in [6.07, 6.45) is 4.21. The second kappa shape index (κ2) is 7.68. The fourth-order valence-electron chi connectivity index (χ4n) is 3.30. The fourth-order valence-corrected chi connectivity index (χ4v) is 3.68. The van der Waals surface area contributed by atoms with E-state index < -0.39 is 5.97 Å². The van der Waals surface area contributed by atoms with Gasteiger partial charge in [-0.25, -0.2) is 0 Å². The van der Waals surface area contributed by atoms with Crippen LogP contribution in [0.1, 0.15) is 25.3 Å². The smallest absolute Gasteiger partial charge is 0.317 e. The lowest BCUT2D eigenvalue weighted by atomic mass is 9.85. The Balaban J connectivity index is 1.47. The van der Waals surface area contributed by atoms with E-state index in [4.69, 9.17) is 9.84 Å². The van der Waals surface area contributed by atoms with Gasteiger partial charge in [-0.05, 0) is 49.2 Å². The maximum atomic E-state index is 10.9. The maximum Gasteiger partial charge on any atom is 0.317 e. The molecule has 1 heterocycles. The molecule has 2 aliphatic rings. The molecule has 130 valence electrons. The Morgan fingerprint density at radius 1 is 1.46 bits per heavy atom. The maximum absolute atomic E-state index is 10.9. The van der Waals surface area contributed by atoms with Crippen molar-refractivity contribution in [1.82, 2.24) is 10.2 Å². The predicted molar refractivity (Wildman–Crippen MR) is 97.3 cm³/mol. The number of aliphatic carboxylic acids is 1. The third-order valence-corrected chi connectivity index (χ3v) is 5.23. The molecule has 1 fully saturated rings. The highest BCUT2D eigenvalue weighted by Crippen LogP contribution is 2.30. The molecule has 5 nitrogen and oxygen atoms in total. The van der Waals surface area contributed by atoms with Gasteiger partial charge in [0.25, 0.3) is 0 Å². The molecular formula is C18H23BrN2O3. The number of nitrogens with zero attached hydrogens (tertiary/aromatic N) is 1. The molecule has 0 radical (unpaired) electrons. The summed E-state index contributed by atoms with van der Waals surface area (Å²) in [5.41, 5.74) is 2.35. The normalized spacial score (nSPS) is 22.4. The summed E-state index contributed by atoms with van der Waals surface area (Å²) in [5.74, 6) is 0.181. The first kappa shape index (κ1) is 17.5. The van der Waals surface area contributed by atoms with Crippen molar-refractivity contribution in [2.75, 3.05) is 26.2 Å². The molecule has 24 heavy (non-hydrogen) atoms. The third-order valence-electron chi connectivity index (χ3n) is 4.74. The third kappa shape index (κ3) is 4.18. The minimum absolute atomic E-state index is 0.137. The predicted octanol–water partition coefficient (Wildman–Crippen LogP) is 2.75. The van der Waals surface area contributed by atoms with Gasteiger partial charge in [0.2, 0.25) is 0 Å². The number of benzene rings is 1. The van der Waals surface area contributed by atoms with Gasteiger partial charge in [-0.15, -0.1) is 0 Å².